The van der Waals surface area contributed by atoms with Crippen LogP contribution in [0, 0.1) is 5.92 Å². The first-order valence-electron chi connectivity index (χ1n) is 4.27. The molecule has 1 aliphatic carbocycles. The van der Waals surface area contributed by atoms with Gasteiger partial charge in [0.25, 0.3) is 0 Å². The third-order valence-corrected chi connectivity index (χ3v) is 2.53. The minimum atomic E-state index is -2.55. The molecule has 1 heterocycles. The van der Waals surface area contributed by atoms with Crippen LogP contribution >= 0.6 is 0 Å². The first-order chi connectivity index (χ1) is 6.08. The number of aliphatic hydroxyl groups is 1. The van der Waals surface area contributed by atoms with Gasteiger partial charge in [-0.3, -0.25) is 0 Å². The molecule has 1 unspecified atom stereocenters. The Labute approximate surface area is 74.6 Å². The van der Waals surface area contributed by atoms with E-state index in [0.29, 0.717) is 5.56 Å². The molecule has 2 nitrogen and oxygen atoms in total. The molecule has 2 rings (SSSR count). The molecule has 1 saturated carbocycles. The first-order valence-corrected chi connectivity index (χ1v) is 4.27. The van der Waals surface area contributed by atoms with E-state index < -0.39 is 12.0 Å². The molecule has 0 spiro atoms. The number of halogens is 2. The molecule has 1 fully saturated rings. The third kappa shape index (κ3) is 1.58. The standard InChI is InChI=1S/C9H11F2NO/c10-9(11)3-7(4-9)8(13)6-1-2-12-5-6/h1-2,5,7-8,12-13H,3-4H2. The summed E-state index contributed by atoms with van der Waals surface area (Å²) in [5.41, 5.74) is 0.695. The predicted octanol–water partition coefficient (Wildman–Crippen LogP) is 2.09. The second-order valence-electron chi connectivity index (χ2n) is 3.61. The number of hydrogen-bond donors (Lipinski definition) is 2. The van der Waals surface area contributed by atoms with Crippen LogP contribution in [0.25, 0.3) is 0 Å². The molecule has 4 heteroatoms. The van der Waals surface area contributed by atoms with Crippen LogP contribution in [0.15, 0.2) is 18.5 Å². The molecular weight excluding hydrogens is 176 g/mol. The fourth-order valence-electron chi connectivity index (χ4n) is 1.72. The van der Waals surface area contributed by atoms with E-state index in [1.807, 2.05) is 0 Å². The Morgan fingerprint density at radius 2 is 2.23 bits per heavy atom. The van der Waals surface area contributed by atoms with Crippen molar-refractivity contribution in [3.8, 4) is 0 Å². The maximum absolute atomic E-state index is 12.5. The Morgan fingerprint density at radius 3 is 2.69 bits per heavy atom. The van der Waals surface area contributed by atoms with Gasteiger partial charge in [0.1, 0.15) is 0 Å². The van der Waals surface area contributed by atoms with Gasteiger partial charge in [0.2, 0.25) is 5.92 Å². The van der Waals surface area contributed by atoms with Crippen molar-refractivity contribution in [2.45, 2.75) is 24.9 Å². The zero-order chi connectivity index (χ0) is 9.47. The SMILES string of the molecule is OC(c1cc[nH]c1)C1CC(F)(F)C1. The Morgan fingerprint density at radius 1 is 1.54 bits per heavy atom. The summed E-state index contributed by atoms with van der Waals surface area (Å²) in [5, 5.41) is 9.61. The number of aromatic nitrogens is 1. The zero-order valence-corrected chi connectivity index (χ0v) is 7.00. The van der Waals surface area contributed by atoms with E-state index in [9.17, 15) is 13.9 Å². The van der Waals surface area contributed by atoms with Crippen molar-refractivity contribution >= 4 is 0 Å². The van der Waals surface area contributed by atoms with Gasteiger partial charge in [-0.2, -0.15) is 0 Å². The van der Waals surface area contributed by atoms with E-state index in [1.54, 1.807) is 18.5 Å². The largest absolute Gasteiger partial charge is 0.388 e. The minimum Gasteiger partial charge on any atom is -0.388 e. The number of H-pyrrole nitrogens is 1. The van der Waals surface area contributed by atoms with Gasteiger partial charge >= 0.3 is 0 Å². The fraction of sp³-hybridized carbons (Fsp3) is 0.556. The van der Waals surface area contributed by atoms with Crippen molar-refractivity contribution in [3.05, 3.63) is 24.0 Å². The second kappa shape index (κ2) is 2.80. The zero-order valence-electron chi connectivity index (χ0n) is 7.00. The molecule has 13 heavy (non-hydrogen) atoms. The molecule has 1 aliphatic rings. The summed E-state index contributed by atoms with van der Waals surface area (Å²) < 4.78 is 24.9. The highest BCUT2D eigenvalue weighted by molar-refractivity contribution is 5.14. The topological polar surface area (TPSA) is 36.0 Å². The van der Waals surface area contributed by atoms with Gasteiger partial charge in [0.15, 0.2) is 0 Å². The van der Waals surface area contributed by atoms with E-state index in [0.717, 1.165) is 0 Å². The van der Waals surface area contributed by atoms with E-state index in [-0.39, 0.29) is 18.8 Å². The third-order valence-electron chi connectivity index (χ3n) is 2.53. The van der Waals surface area contributed by atoms with Crippen LogP contribution in [0.5, 0.6) is 0 Å². The van der Waals surface area contributed by atoms with Crippen LogP contribution in [0.4, 0.5) is 8.78 Å². The number of rotatable bonds is 2. The van der Waals surface area contributed by atoms with Gasteiger partial charge in [-0.05, 0) is 11.6 Å². The van der Waals surface area contributed by atoms with Crippen molar-refractivity contribution in [1.29, 1.82) is 0 Å². The van der Waals surface area contributed by atoms with Crippen LogP contribution in [0.1, 0.15) is 24.5 Å². The summed E-state index contributed by atoms with van der Waals surface area (Å²) in [4.78, 5) is 2.79. The summed E-state index contributed by atoms with van der Waals surface area (Å²) in [6.45, 7) is 0. The van der Waals surface area contributed by atoms with Gasteiger partial charge in [-0.1, -0.05) is 0 Å². The molecule has 1 atom stereocenters. The Balaban J connectivity index is 1.97. The van der Waals surface area contributed by atoms with E-state index in [4.69, 9.17) is 0 Å². The van der Waals surface area contributed by atoms with Crippen LogP contribution in [-0.2, 0) is 0 Å². The Bertz CT molecular complexity index is 276. The molecule has 0 aromatic carbocycles. The lowest BCUT2D eigenvalue weighted by Gasteiger charge is -2.37. The minimum absolute atomic E-state index is 0.195. The lowest BCUT2D eigenvalue weighted by Crippen LogP contribution is -2.38. The molecule has 0 radical (unpaired) electrons. The first kappa shape index (κ1) is 8.69. The maximum atomic E-state index is 12.5. The summed E-state index contributed by atoms with van der Waals surface area (Å²) in [7, 11) is 0. The monoisotopic (exact) mass is 187 g/mol. The van der Waals surface area contributed by atoms with Crippen molar-refractivity contribution in [2.24, 2.45) is 5.92 Å². The maximum Gasteiger partial charge on any atom is 0.248 e. The summed E-state index contributed by atoms with van der Waals surface area (Å²) in [6.07, 6.45) is 2.18. The highest BCUT2D eigenvalue weighted by Gasteiger charge is 2.48. The number of aliphatic hydroxyl groups excluding tert-OH is 1. The van der Waals surface area contributed by atoms with Crippen LogP contribution in [0.2, 0.25) is 0 Å². The number of aromatic amines is 1. The Hall–Kier alpha value is -0.900. The van der Waals surface area contributed by atoms with Crippen molar-refractivity contribution in [3.63, 3.8) is 0 Å². The highest BCUT2D eigenvalue weighted by Crippen LogP contribution is 2.47. The van der Waals surface area contributed by atoms with E-state index in [2.05, 4.69) is 4.98 Å². The summed E-state index contributed by atoms with van der Waals surface area (Å²) in [6, 6.07) is 1.71. The normalized spacial score (nSPS) is 23.9. The molecule has 0 amide bonds. The average Bonchev–Trinajstić information content (AvgIpc) is 2.50. The Kier molecular flexibility index (Phi) is 1.87. The van der Waals surface area contributed by atoms with Gasteiger partial charge in [-0.15, -0.1) is 0 Å². The fourth-order valence-corrected chi connectivity index (χ4v) is 1.72. The number of hydrogen-bond acceptors (Lipinski definition) is 1. The molecule has 0 bridgehead atoms. The van der Waals surface area contributed by atoms with Crippen LogP contribution in [0.3, 0.4) is 0 Å². The van der Waals surface area contributed by atoms with Gasteiger partial charge < -0.3 is 10.1 Å². The lowest BCUT2D eigenvalue weighted by atomic mass is 9.76. The number of nitrogens with one attached hydrogen (secondary N) is 1. The van der Waals surface area contributed by atoms with Gasteiger partial charge in [0, 0.05) is 31.2 Å². The highest BCUT2D eigenvalue weighted by atomic mass is 19.3. The van der Waals surface area contributed by atoms with Crippen molar-refractivity contribution in [1.82, 2.24) is 4.98 Å². The number of alkyl halides is 2. The quantitative estimate of drug-likeness (QED) is 0.730. The van der Waals surface area contributed by atoms with E-state index >= 15 is 0 Å². The molecule has 1 aromatic rings. The van der Waals surface area contributed by atoms with Gasteiger partial charge in [0.05, 0.1) is 6.10 Å². The van der Waals surface area contributed by atoms with Crippen LogP contribution in [-0.4, -0.2) is 16.0 Å². The second-order valence-corrected chi connectivity index (χ2v) is 3.61. The van der Waals surface area contributed by atoms with E-state index in [1.165, 1.54) is 0 Å². The summed E-state index contributed by atoms with van der Waals surface area (Å²) in [5.74, 6) is -2.84. The van der Waals surface area contributed by atoms with Crippen LogP contribution < -0.4 is 0 Å². The molecule has 1 aromatic heterocycles. The van der Waals surface area contributed by atoms with Crippen molar-refractivity contribution < 1.29 is 13.9 Å². The lowest BCUT2D eigenvalue weighted by molar-refractivity contribution is -0.142. The molecule has 72 valence electrons. The molecule has 0 saturated heterocycles. The molecular formula is C9H11F2NO. The smallest absolute Gasteiger partial charge is 0.248 e. The predicted molar refractivity (Wildman–Crippen MR) is 43.4 cm³/mol. The average molecular weight is 187 g/mol. The van der Waals surface area contributed by atoms with Gasteiger partial charge in [-0.25, -0.2) is 8.78 Å². The molecule has 0 aliphatic heterocycles. The summed E-state index contributed by atoms with van der Waals surface area (Å²) >= 11 is 0. The molecule has 2 N–H and O–H groups in total. The van der Waals surface area contributed by atoms with Crippen molar-refractivity contribution in [2.75, 3.05) is 0 Å².